The monoisotopic (exact) mass is 306 g/mol. The molecule has 1 aromatic heterocycles. The summed E-state index contributed by atoms with van der Waals surface area (Å²) in [5.74, 6) is 0. The SMILES string of the molecule is Cc1ccc(CC(C)NS(=O)(=O)C(C)C(N)=S)s1. The molecular weight excluding hydrogens is 288 g/mol. The average Bonchev–Trinajstić information content (AvgIpc) is 2.61. The van der Waals surface area contributed by atoms with Crippen LogP contribution in [0.4, 0.5) is 0 Å². The van der Waals surface area contributed by atoms with Gasteiger partial charge in [-0.15, -0.1) is 11.3 Å². The van der Waals surface area contributed by atoms with Gasteiger partial charge < -0.3 is 5.73 Å². The van der Waals surface area contributed by atoms with Crippen LogP contribution in [0.3, 0.4) is 0 Å². The number of nitrogens with two attached hydrogens (primary N) is 1. The van der Waals surface area contributed by atoms with Crippen molar-refractivity contribution < 1.29 is 8.42 Å². The second kappa shape index (κ2) is 6.10. The Bertz CT molecular complexity index is 522. The number of hydrogen-bond donors (Lipinski definition) is 2. The molecule has 102 valence electrons. The third-order valence-corrected chi connectivity index (χ3v) is 5.98. The molecule has 0 fully saturated rings. The van der Waals surface area contributed by atoms with Gasteiger partial charge in [-0.25, -0.2) is 13.1 Å². The van der Waals surface area contributed by atoms with Crippen LogP contribution in [0.5, 0.6) is 0 Å². The van der Waals surface area contributed by atoms with Gasteiger partial charge in [0.1, 0.15) is 5.25 Å². The van der Waals surface area contributed by atoms with E-state index in [1.807, 2.05) is 26.0 Å². The summed E-state index contributed by atoms with van der Waals surface area (Å²) in [5, 5.41) is -0.847. The van der Waals surface area contributed by atoms with Crippen molar-refractivity contribution in [2.45, 2.75) is 38.5 Å². The second-order valence-corrected chi connectivity index (χ2v) is 8.20. The first kappa shape index (κ1) is 15.6. The smallest absolute Gasteiger partial charge is 0.220 e. The van der Waals surface area contributed by atoms with Gasteiger partial charge in [0.2, 0.25) is 10.0 Å². The van der Waals surface area contributed by atoms with E-state index < -0.39 is 15.3 Å². The number of sulfonamides is 1. The van der Waals surface area contributed by atoms with E-state index in [0.29, 0.717) is 6.42 Å². The molecule has 1 aromatic rings. The van der Waals surface area contributed by atoms with Gasteiger partial charge in [0, 0.05) is 15.8 Å². The fourth-order valence-electron chi connectivity index (χ4n) is 1.47. The topological polar surface area (TPSA) is 72.2 Å². The van der Waals surface area contributed by atoms with Gasteiger partial charge in [0.15, 0.2) is 0 Å². The zero-order valence-corrected chi connectivity index (χ0v) is 13.1. The van der Waals surface area contributed by atoms with Crippen LogP contribution in [-0.4, -0.2) is 24.7 Å². The Morgan fingerprint density at radius 1 is 1.50 bits per heavy atom. The van der Waals surface area contributed by atoms with E-state index in [9.17, 15) is 8.42 Å². The molecule has 0 bridgehead atoms. The van der Waals surface area contributed by atoms with Crippen molar-refractivity contribution in [1.82, 2.24) is 4.72 Å². The Kier molecular flexibility index (Phi) is 5.27. The molecule has 0 saturated carbocycles. The molecule has 0 aliphatic heterocycles. The zero-order chi connectivity index (χ0) is 13.9. The minimum Gasteiger partial charge on any atom is -0.392 e. The summed E-state index contributed by atoms with van der Waals surface area (Å²) in [4.78, 5) is 2.36. The lowest BCUT2D eigenvalue weighted by atomic mass is 10.2. The van der Waals surface area contributed by atoms with Gasteiger partial charge in [-0.3, -0.25) is 0 Å². The molecule has 7 heteroatoms. The quantitative estimate of drug-likeness (QED) is 0.783. The third kappa shape index (κ3) is 4.31. The Balaban J connectivity index is 2.64. The summed E-state index contributed by atoms with van der Waals surface area (Å²) in [7, 11) is -3.48. The number of thiocarbonyl (C=S) groups is 1. The molecule has 2 atom stereocenters. The highest BCUT2D eigenvalue weighted by Crippen LogP contribution is 2.17. The molecule has 0 radical (unpaired) electrons. The molecule has 1 heterocycles. The number of aryl methyl sites for hydroxylation is 1. The zero-order valence-electron chi connectivity index (χ0n) is 10.6. The Morgan fingerprint density at radius 3 is 2.56 bits per heavy atom. The van der Waals surface area contributed by atoms with Gasteiger partial charge in [-0.2, -0.15) is 0 Å². The molecule has 0 aromatic carbocycles. The lowest BCUT2D eigenvalue weighted by Gasteiger charge is -2.17. The van der Waals surface area contributed by atoms with Crippen molar-refractivity contribution in [3.8, 4) is 0 Å². The Hall–Kier alpha value is -0.500. The van der Waals surface area contributed by atoms with Crippen molar-refractivity contribution >= 4 is 38.6 Å². The summed E-state index contributed by atoms with van der Waals surface area (Å²) in [6.45, 7) is 5.35. The van der Waals surface area contributed by atoms with E-state index in [-0.39, 0.29) is 11.0 Å². The molecule has 18 heavy (non-hydrogen) atoms. The maximum absolute atomic E-state index is 11.9. The molecule has 3 N–H and O–H groups in total. The van der Waals surface area contributed by atoms with Crippen LogP contribution in [0.15, 0.2) is 12.1 Å². The molecule has 0 spiro atoms. The summed E-state index contributed by atoms with van der Waals surface area (Å²) < 4.78 is 26.4. The summed E-state index contributed by atoms with van der Waals surface area (Å²) in [6.07, 6.45) is 0.668. The highest BCUT2D eigenvalue weighted by molar-refractivity contribution is 7.93. The largest absolute Gasteiger partial charge is 0.392 e. The van der Waals surface area contributed by atoms with Crippen LogP contribution < -0.4 is 10.5 Å². The van der Waals surface area contributed by atoms with Gasteiger partial charge in [-0.1, -0.05) is 12.2 Å². The Labute approximate surface area is 118 Å². The van der Waals surface area contributed by atoms with E-state index in [0.717, 1.165) is 4.88 Å². The summed E-state index contributed by atoms with van der Waals surface area (Å²) in [5.41, 5.74) is 5.37. The van der Waals surface area contributed by atoms with Crippen molar-refractivity contribution in [3.63, 3.8) is 0 Å². The predicted octanol–water partition coefficient (Wildman–Crippen LogP) is 1.58. The van der Waals surface area contributed by atoms with Crippen molar-refractivity contribution in [3.05, 3.63) is 21.9 Å². The minimum absolute atomic E-state index is 0.0123. The van der Waals surface area contributed by atoms with Crippen LogP contribution in [0, 0.1) is 6.92 Å². The lowest BCUT2D eigenvalue weighted by molar-refractivity contribution is 0.558. The minimum atomic E-state index is -3.48. The fourth-order valence-corrected chi connectivity index (χ4v) is 4.03. The van der Waals surface area contributed by atoms with Crippen molar-refractivity contribution in [1.29, 1.82) is 0 Å². The molecule has 2 unspecified atom stereocenters. The van der Waals surface area contributed by atoms with Crippen LogP contribution in [0.2, 0.25) is 0 Å². The molecule has 0 saturated heterocycles. The number of hydrogen-bond acceptors (Lipinski definition) is 4. The van der Waals surface area contributed by atoms with Crippen LogP contribution in [0.1, 0.15) is 23.6 Å². The first-order valence-electron chi connectivity index (χ1n) is 5.58. The molecule has 0 aliphatic carbocycles. The maximum Gasteiger partial charge on any atom is 0.220 e. The maximum atomic E-state index is 11.9. The summed E-state index contributed by atoms with van der Waals surface area (Å²) in [6, 6.07) is 3.87. The Morgan fingerprint density at radius 2 is 2.11 bits per heavy atom. The summed E-state index contributed by atoms with van der Waals surface area (Å²) >= 11 is 6.38. The fraction of sp³-hybridized carbons (Fsp3) is 0.545. The number of rotatable bonds is 6. The first-order valence-corrected chi connectivity index (χ1v) is 8.35. The molecule has 1 rings (SSSR count). The predicted molar refractivity (Wildman–Crippen MR) is 80.5 cm³/mol. The van der Waals surface area contributed by atoms with E-state index in [2.05, 4.69) is 4.72 Å². The second-order valence-electron chi connectivity index (χ2n) is 4.32. The number of nitrogens with one attached hydrogen (secondary N) is 1. The highest BCUT2D eigenvalue weighted by atomic mass is 32.2. The molecule has 0 amide bonds. The third-order valence-electron chi connectivity index (χ3n) is 2.53. The first-order chi connectivity index (χ1) is 8.22. The van der Waals surface area contributed by atoms with Gasteiger partial charge in [-0.05, 0) is 39.3 Å². The highest BCUT2D eigenvalue weighted by Gasteiger charge is 2.25. The van der Waals surface area contributed by atoms with E-state index >= 15 is 0 Å². The van der Waals surface area contributed by atoms with Crippen LogP contribution in [-0.2, 0) is 16.4 Å². The van der Waals surface area contributed by atoms with Gasteiger partial charge in [0.25, 0.3) is 0 Å². The number of thiophene rings is 1. The van der Waals surface area contributed by atoms with Gasteiger partial charge >= 0.3 is 0 Å². The standard InChI is InChI=1S/C11H18N2O2S3/c1-7(6-10-5-4-8(2)17-10)13-18(14,15)9(3)11(12)16/h4-5,7,9,13H,6H2,1-3H3,(H2,12,16). The normalized spacial score (nSPS) is 15.3. The van der Waals surface area contributed by atoms with Crippen LogP contribution in [0.25, 0.3) is 0 Å². The lowest BCUT2D eigenvalue weighted by Crippen LogP contribution is -2.44. The van der Waals surface area contributed by atoms with Crippen molar-refractivity contribution in [2.75, 3.05) is 0 Å². The molecule has 4 nitrogen and oxygen atoms in total. The van der Waals surface area contributed by atoms with E-state index in [1.165, 1.54) is 11.8 Å². The van der Waals surface area contributed by atoms with Gasteiger partial charge in [0.05, 0.1) is 4.99 Å². The van der Waals surface area contributed by atoms with Crippen molar-refractivity contribution in [2.24, 2.45) is 5.73 Å². The van der Waals surface area contributed by atoms with E-state index in [1.54, 1.807) is 11.3 Å². The molecule has 0 aliphatic rings. The molecular formula is C11H18N2O2S3. The van der Waals surface area contributed by atoms with E-state index in [4.69, 9.17) is 18.0 Å². The average molecular weight is 306 g/mol. The van der Waals surface area contributed by atoms with Crippen LogP contribution >= 0.6 is 23.6 Å².